The summed E-state index contributed by atoms with van der Waals surface area (Å²) >= 11 is 0. The van der Waals surface area contributed by atoms with Crippen molar-refractivity contribution < 1.29 is 14.4 Å². The van der Waals surface area contributed by atoms with Gasteiger partial charge in [0.15, 0.2) is 5.78 Å². The molecule has 0 bridgehead atoms. The number of hydrogen-bond donors (Lipinski definition) is 3. The number of carbonyl (C=O) groups is 3. The highest BCUT2D eigenvalue weighted by Gasteiger charge is 2.22. The molecule has 152 valence electrons. The molecule has 1 fully saturated rings. The van der Waals surface area contributed by atoms with Crippen LogP contribution in [-0.2, 0) is 4.79 Å². The first kappa shape index (κ1) is 20.5. The number of ketones is 1. The maximum absolute atomic E-state index is 12.3. The number of nitrogens with one attached hydrogen (secondary N) is 3. The largest absolute Gasteiger partial charge is 0.335 e. The molecule has 1 heterocycles. The summed E-state index contributed by atoms with van der Waals surface area (Å²) < 4.78 is 0. The molecular formula is C22H26N4O3. The minimum atomic E-state index is -0.210. The van der Waals surface area contributed by atoms with Gasteiger partial charge in [-0.05, 0) is 44.0 Å². The van der Waals surface area contributed by atoms with Crippen LogP contribution in [0.1, 0.15) is 30.1 Å². The molecule has 0 spiro atoms. The summed E-state index contributed by atoms with van der Waals surface area (Å²) in [6.07, 6.45) is 1.57. The van der Waals surface area contributed by atoms with Crippen LogP contribution in [0, 0.1) is 0 Å². The molecule has 0 radical (unpaired) electrons. The number of carbonyl (C=O) groups excluding carboxylic acids is 3. The Bertz CT molecular complexity index is 861. The van der Waals surface area contributed by atoms with Gasteiger partial charge in [0.2, 0.25) is 5.91 Å². The smallest absolute Gasteiger partial charge is 0.319 e. The lowest BCUT2D eigenvalue weighted by molar-refractivity contribution is -0.117. The SMILES string of the molecule is CC(=O)c1cccc(NC(=O)CN2CCC(NC(=O)Nc3ccccc3)CC2)c1. The zero-order chi connectivity index (χ0) is 20.6. The Hall–Kier alpha value is -3.19. The van der Waals surface area contributed by atoms with Gasteiger partial charge in [-0.2, -0.15) is 0 Å². The number of benzene rings is 2. The number of amides is 3. The van der Waals surface area contributed by atoms with E-state index in [0.29, 0.717) is 11.3 Å². The van der Waals surface area contributed by atoms with E-state index in [1.165, 1.54) is 6.92 Å². The van der Waals surface area contributed by atoms with Crippen LogP contribution in [-0.4, -0.2) is 48.3 Å². The summed E-state index contributed by atoms with van der Waals surface area (Å²) in [5.74, 6) is -0.147. The lowest BCUT2D eigenvalue weighted by Crippen LogP contribution is -2.47. The molecule has 3 amide bonds. The zero-order valence-corrected chi connectivity index (χ0v) is 16.5. The predicted octanol–water partition coefficient (Wildman–Crippen LogP) is 3.11. The summed E-state index contributed by atoms with van der Waals surface area (Å²) in [7, 11) is 0. The van der Waals surface area contributed by atoms with Crippen LogP contribution in [0.25, 0.3) is 0 Å². The number of Topliss-reactive ketones (excluding diaryl/α,β-unsaturated/α-hetero) is 1. The third-order valence-electron chi connectivity index (χ3n) is 4.87. The van der Waals surface area contributed by atoms with Crippen molar-refractivity contribution >= 4 is 29.1 Å². The highest BCUT2D eigenvalue weighted by molar-refractivity contribution is 5.97. The molecule has 2 aromatic carbocycles. The summed E-state index contributed by atoms with van der Waals surface area (Å²) in [5.41, 5.74) is 1.95. The number of likely N-dealkylation sites (tertiary alicyclic amines) is 1. The molecule has 1 saturated heterocycles. The highest BCUT2D eigenvalue weighted by Crippen LogP contribution is 2.13. The number of rotatable bonds is 6. The Balaban J connectivity index is 1.40. The average molecular weight is 394 g/mol. The molecule has 7 nitrogen and oxygen atoms in total. The average Bonchev–Trinajstić information content (AvgIpc) is 2.70. The molecule has 0 aliphatic carbocycles. The lowest BCUT2D eigenvalue weighted by atomic mass is 10.1. The third kappa shape index (κ3) is 6.43. The van der Waals surface area contributed by atoms with Gasteiger partial charge in [-0.1, -0.05) is 30.3 Å². The number of urea groups is 1. The third-order valence-corrected chi connectivity index (χ3v) is 4.87. The van der Waals surface area contributed by atoms with Crippen LogP contribution in [0.3, 0.4) is 0 Å². The van der Waals surface area contributed by atoms with Crippen LogP contribution in [0.4, 0.5) is 16.2 Å². The van der Waals surface area contributed by atoms with Crippen molar-refractivity contribution in [2.75, 3.05) is 30.3 Å². The van der Waals surface area contributed by atoms with Crippen molar-refractivity contribution in [1.29, 1.82) is 0 Å². The van der Waals surface area contributed by atoms with Crippen LogP contribution in [0.15, 0.2) is 54.6 Å². The molecule has 3 N–H and O–H groups in total. The Labute approximate surface area is 170 Å². The molecule has 0 atom stereocenters. The second kappa shape index (κ2) is 9.84. The number of piperidine rings is 1. The van der Waals surface area contributed by atoms with Gasteiger partial charge in [0.05, 0.1) is 6.54 Å². The van der Waals surface area contributed by atoms with Crippen molar-refractivity contribution in [2.24, 2.45) is 0 Å². The van der Waals surface area contributed by atoms with E-state index in [4.69, 9.17) is 0 Å². The standard InChI is InChI=1S/C22H26N4O3/c1-16(27)17-6-5-9-20(14-17)23-21(28)15-26-12-10-19(11-13-26)25-22(29)24-18-7-3-2-4-8-18/h2-9,14,19H,10-13,15H2,1H3,(H,23,28)(H2,24,25,29). The van der Waals surface area contributed by atoms with Gasteiger partial charge in [-0.25, -0.2) is 4.79 Å². The van der Waals surface area contributed by atoms with Gasteiger partial charge in [-0.15, -0.1) is 0 Å². The van der Waals surface area contributed by atoms with E-state index in [-0.39, 0.29) is 30.3 Å². The van der Waals surface area contributed by atoms with Gasteiger partial charge >= 0.3 is 6.03 Å². The number of hydrogen-bond acceptors (Lipinski definition) is 4. The minimum absolute atomic E-state index is 0.0352. The Morgan fingerprint density at radius 3 is 2.31 bits per heavy atom. The summed E-state index contributed by atoms with van der Waals surface area (Å²) in [4.78, 5) is 37.9. The second-order valence-electron chi connectivity index (χ2n) is 7.20. The van der Waals surface area contributed by atoms with Crippen LogP contribution in [0.2, 0.25) is 0 Å². The molecular weight excluding hydrogens is 368 g/mol. The van der Waals surface area contributed by atoms with E-state index >= 15 is 0 Å². The Morgan fingerprint density at radius 1 is 0.931 bits per heavy atom. The van der Waals surface area contributed by atoms with Gasteiger partial charge in [-0.3, -0.25) is 14.5 Å². The molecule has 0 aromatic heterocycles. The van der Waals surface area contributed by atoms with Crippen LogP contribution >= 0.6 is 0 Å². The quantitative estimate of drug-likeness (QED) is 0.657. The molecule has 1 aliphatic rings. The number of anilines is 2. The minimum Gasteiger partial charge on any atom is -0.335 e. The van der Waals surface area contributed by atoms with E-state index in [2.05, 4.69) is 20.9 Å². The fourth-order valence-corrected chi connectivity index (χ4v) is 3.33. The topological polar surface area (TPSA) is 90.5 Å². The van der Waals surface area contributed by atoms with Crippen LogP contribution in [0.5, 0.6) is 0 Å². The molecule has 7 heteroatoms. The van der Waals surface area contributed by atoms with E-state index in [1.54, 1.807) is 24.3 Å². The molecule has 3 rings (SSSR count). The van der Waals surface area contributed by atoms with Crippen LogP contribution < -0.4 is 16.0 Å². The summed E-state index contributed by atoms with van der Waals surface area (Å²) in [6, 6.07) is 16.1. The normalized spacial score (nSPS) is 14.8. The van der Waals surface area contributed by atoms with E-state index in [1.807, 2.05) is 30.3 Å². The van der Waals surface area contributed by atoms with E-state index < -0.39 is 0 Å². The van der Waals surface area contributed by atoms with Gasteiger partial charge in [0, 0.05) is 36.1 Å². The monoisotopic (exact) mass is 394 g/mol. The highest BCUT2D eigenvalue weighted by atomic mass is 16.2. The fourth-order valence-electron chi connectivity index (χ4n) is 3.33. The van der Waals surface area contributed by atoms with Crippen molar-refractivity contribution in [2.45, 2.75) is 25.8 Å². The van der Waals surface area contributed by atoms with Gasteiger partial charge in [0.25, 0.3) is 0 Å². The Kier molecular flexibility index (Phi) is 6.97. The van der Waals surface area contributed by atoms with Crippen molar-refractivity contribution in [3.8, 4) is 0 Å². The second-order valence-corrected chi connectivity index (χ2v) is 7.20. The van der Waals surface area contributed by atoms with Gasteiger partial charge < -0.3 is 16.0 Å². The first-order valence-electron chi connectivity index (χ1n) is 9.75. The molecule has 1 aliphatic heterocycles. The Morgan fingerprint density at radius 2 is 1.62 bits per heavy atom. The van der Waals surface area contributed by atoms with Crippen molar-refractivity contribution in [3.63, 3.8) is 0 Å². The molecule has 2 aromatic rings. The summed E-state index contributed by atoms with van der Waals surface area (Å²) in [6.45, 7) is 3.25. The predicted molar refractivity (Wildman–Crippen MR) is 113 cm³/mol. The molecule has 0 unspecified atom stereocenters. The maximum atomic E-state index is 12.3. The van der Waals surface area contributed by atoms with Crippen molar-refractivity contribution in [1.82, 2.24) is 10.2 Å². The first-order chi connectivity index (χ1) is 14.0. The molecule has 29 heavy (non-hydrogen) atoms. The summed E-state index contributed by atoms with van der Waals surface area (Å²) in [5, 5.41) is 8.65. The first-order valence-corrected chi connectivity index (χ1v) is 9.75. The van der Waals surface area contributed by atoms with E-state index in [0.717, 1.165) is 31.6 Å². The number of para-hydroxylation sites is 1. The fraction of sp³-hybridized carbons (Fsp3) is 0.318. The van der Waals surface area contributed by atoms with E-state index in [9.17, 15) is 14.4 Å². The van der Waals surface area contributed by atoms with Gasteiger partial charge in [0.1, 0.15) is 0 Å². The maximum Gasteiger partial charge on any atom is 0.319 e. The lowest BCUT2D eigenvalue weighted by Gasteiger charge is -2.31. The number of nitrogens with zero attached hydrogens (tertiary/aromatic N) is 1. The van der Waals surface area contributed by atoms with Crippen molar-refractivity contribution in [3.05, 3.63) is 60.2 Å². The zero-order valence-electron chi connectivity index (χ0n) is 16.5. The molecule has 0 saturated carbocycles.